The van der Waals surface area contributed by atoms with E-state index in [2.05, 4.69) is 20.9 Å². The van der Waals surface area contributed by atoms with Gasteiger partial charge in [-0.15, -0.1) is 0 Å². The summed E-state index contributed by atoms with van der Waals surface area (Å²) in [4.78, 5) is 29.8. The van der Waals surface area contributed by atoms with Crippen LogP contribution in [0.1, 0.15) is 48.2 Å². The molecule has 1 aliphatic carbocycles. The fourth-order valence-corrected chi connectivity index (χ4v) is 4.38. The van der Waals surface area contributed by atoms with Gasteiger partial charge in [-0.05, 0) is 66.6 Å². The quantitative estimate of drug-likeness (QED) is 0.535. The highest BCUT2D eigenvalue weighted by atomic mass is 19.1. The number of aromatic nitrogens is 1. The predicted molar refractivity (Wildman–Crippen MR) is 121 cm³/mol. The van der Waals surface area contributed by atoms with Crippen molar-refractivity contribution in [3.8, 4) is 0 Å². The molecule has 33 heavy (non-hydrogen) atoms. The second kappa shape index (κ2) is 9.66. The lowest BCUT2D eigenvalue weighted by molar-refractivity contribution is -0.129. The van der Waals surface area contributed by atoms with Crippen LogP contribution in [0.5, 0.6) is 0 Å². The van der Waals surface area contributed by atoms with Crippen LogP contribution in [0.25, 0.3) is 5.57 Å². The highest BCUT2D eigenvalue weighted by Crippen LogP contribution is 2.30. The Morgan fingerprint density at radius 1 is 1.27 bits per heavy atom. The summed E-state index contributed by atoms with van der Waals surface area (Å²) in [5, 5.41) is 8.80. The Kier molecular flexibility index (Phi) is 6.69. The standard InChI is InChI=1S/C24H27F2N5O2/c1-13(23(32)31-20-6-5-19-18(20)4-7-22(27)30-19)29-24(33)21-11-14(8-9-28-21)17-3-2-16(26)10-15(17)12-25/h2-4,7,10-11,13,20-21,28H,5-6,8-9,12H2,1H3,(H2,27,30)(H,29,33)(H,31,32)/t13-,20+,21-/m0/s1. The van der Waals surface area contributed by atoms with E-state index in [1.807, 2.05) is 6.07 Å². The normalized spacial score (nSPS) is 20.5. The van der Waals surface area contributed by atoms with E-state index in [-0.39, 0.29) is 23.4 Å². The number of aryl methyl sites for hydroxylation is 1. The first kappa shape index (κ1) is 22.8. The van der Waals surface area contributed by atoms with Crippen LogP contribution in [0.4, 0.5) is 14.6 Å². The zero-order valence-electron chi connectivity index (χ0n) is 18.3. The minimum Gasteiger partial charge on any atom is -0.384 e. The molecule has 3 atom stereocenters. The molecule has 9 heteroatoms. The topological polar surface area (TPSA) is 109 Å². The fourth-order valence-electron chi connectivity index (χ4n) is 4.38. The average molecular weight is 456 g/mol. The molecule has 2 amide bonds. The van der Waals surface area contributed by atoms with Crippen LogP contribution in [0.3, 0.4) is 0 Å². The molecule has 2 aromatic rings. The molecule has 174 valence electrons. The van der Waals surface area contributed by atoms with Gasteiger partial charge in [0.15, 0.2) is 0 Å². The van der Waals surface area contributed by atoms with Crippen molar-refractivity contribution >= 4 is 23.2 Å². The minimum atomic E-state index is -0.793. The van der Waals surface area contributed by atoms with Gasteiger partial charge >= 0.3 is 0 Å². The molecule has 0 spiro atoms. The SMILES string of the molecule is C[C@H](NC(=O)[C@@H]1C=C(c2ccc(F)cc2CF)CCN1)C(=O)N[C@@H]1CCc2nc(N)ccc21. The van der Waals surface area contributed by atoms with Crippen molar-refractivity contribution in [2.24, 2.45) is 0 Å². The van der Waals surface area contributed by atoms with Gasteiger partial charge in [-0.1, -0.05) is 18.2 Å². The highest BCUT2D eigenvalue weighted by Gasteiger charge is 2.29. The van der Waals surface area contributed by atoms with Crippen molar-refractivity contribution in [1.29, 1.82) is 0 Å². The molecule has 0 bridgehead atoms. The number of halogens is 2. The molecular weight excluding hydrogens is 428 g/mol. The molecule has 1 aromatic carbocycles. The van der Waals surface area contributed by atoms with Crippen LogP contribution in [0, 0.1) is 5.82 Å². The number of rotatable bonds is 6. The van der Waals surface area contributed by atoms with E-state index in [0.29, 0.717) is 24.3 Å². The third-order valence-electron chi connectivity index (χ3n) is 6.11. The lowest BCUT2D eigenvalue weighted by atomic mass is 9.93. The molecule has 2 aliphatic rings. The van der Waals surface area contributed by atoms with E-state index in [4.69, 9.17) is 5.73 Å². The molecule has 0 fully saturated rings. The molecule has 0 saturated heterocycles. The van der Waals surface area contributed by atoms with Crippen LogP contribution in [-0.4, -0.2) is 35.4 Å². The lowest BCUT2D eigenvalue weighted by Crippen LogP contribution is -2.52. The molecule has 5 N–H and O–H groups in total. The number of nitrogens with one attached hydrogen (secondary N) is 3. The maximum absolute atomic E-state index is 13.5. The summed E-state index contributed by atoms with van der Waals surface area (Å²) >= 11 is 0. The summed E-state index contributed by atoms with van der Waals surface area (Å²) in [7, 11) is 0. The lowest BCUT2D eigenvalue weighted by Gasteiger charge is -2.25. The molecular formula is C24H27F2N5O2. The third-order valence-corrected chi connectivity index (χ3v) is 6.11. The smallest absolute Gasteiger partial charge is 0.242 e. The van der Waals surface area contributed by atoms with Gasteiger partial charge in [-0.2, -0.15) is 0 Å². The van der Waals surface area contributed by atoms with Crippen LogP contribution < -0.4 is 21.7 Å². The summed E-state index contributed by atoms with van der Waals surface area (Å²) in [6, 6.07) is 5.97. The Labute approximate surface area is 190 Å². The number of benzene rings is 1. The monoisotopic (exact) mass is 455 g/mol. The summed E-state index contributed by atoms with van der Waals surface area (Å²) in [6.07, 6.45) is 3.75. The minimum absolute atomic E-state index is 0.170. The number of anilines is 1. The first-order chi connectivity index (χ1) is 15.9. The molecule has 4 rings (SSSR count). The van der Waals surface area contributed by atoms with Crippen molar-refractivity contribution in [2.45, 2.75) is 51.0 Å². The van der Waals surface area contributed by atoms with Gasteiger partial charge in [0.25, 0.3) is 0 Å². The Morgan fingerprint density at radius 3 is 2.88 bits per heavy atom. The van der Waals surface area contributed by atoms with Crippen molar-refractivity contribution in [2.75, 3.05) is 12.3 Å². The second-order valence-electron chi connectivity index (χ2n) is 8.41. The molecule has 2 heterocycles. The number of nitrogen functional groups attached to an aromatic ring is 1. The number of carbonyl (C=O) groups is 2. The number of pyridine rings is 1. The van der Waals surface area contributed by atoms with Crippen molar-refractivity contribution in [3.63, 3.8) is 0 Å². The number of carbonyl (C=O) groups excluding carboxylic acids is 2. The molecule has 1 aliphatic heterocycles. The van der Waals surface area contributed by atoms with E-state index in [1.165, 1.54) is 18.2 Å². The van der Waals surface area contributed by atoms with E-state index >= 15 is 0 Å². The van der Waals surface area contributed by atoms with E-state index in [9.17, 15) is 18.4 Å². The number of hydrogen-bond acceptors (Lipinski definition) is 5. The fraction of sp³-hybridized carbons (Fsp3) is 0.375. The summed E-state index contributed by atoms with van der Waals surface area (Å²) in [5.41, 5.74) is 9.18. The number of nitrogens with zero attached hydrogens (tertiary/aromatic N) is 1. The first-order valence-corrected chi connectivity index (χ1v) is 11.0. The van der Waals surface area contributed by atoms with Crippen LogP contribution in [0.2, 0.25) is 0 Å². The number of alkyl halides is 1. The Balaban J connectivity index is 1.40. The zero-order chi connectivity index (χ0) is 23.5. The van der Waals surface area contributed by atoms with Gasteiger partial charge in [0.1, 0.15) is 30.4 Å². The van der Waals surface area contributed by atoms with Crippen molar-refractivity contribution in [3.05, 3.63) is 64.6 Å². The molecule has 0 unspecified atom stereocenters. The second-order valence-corrected chi connectivity index (χ2v) is 8.41. The number of fused-ring (bicyclic) bond motifs is 1. The molecule has 0 saturated carbocycles. The molecule has 0 radical (unpaired) electrons. The predicted octanol–water partition coefficient (Wildman–Crippen LogP) is 2.33. The van der Waals surface area contributed by atoms with Gasteiger partial charge < -0.3 is 21.7 Å². The Bertz CT molecular complexity index is 1100. The van der Waals surface area contributed by atoms with Crippen LogP contribution in [0.15, 0.2) is 36.4 Å². The number of hydrogen-bond donors (Lipinski definition) is 4. The molecule has 1 aromatic heterocycles. The largest absolute Gasteiger partial charge is 0.384 e. The van der Waals surface area contributed by atoms with Gasteiger partial charge in [0, 0.05) is 12.2 Å². The van der Waals surface area contributed by atoms with Crippen LogP contribution in [-0.2, 0) is 22.7 Å². The van der Waals surface area contributed by atoms with E-state index in [1.54, 1.807) is 19.1 Å². The molecule has 7 nitrogen and oxygen atoms in total. The number of nitrogens with two attached hydrogens (primary N) is 1. The summed E-state index contributed by atoms with van der Waals surface area (Å²) < 4.78 is 26.8. The summed E-state index contributed by atoms with van der Waals surface area (Å²) in [6.45, 7) is 1.33. The highest BCUT2D eigenvalue weighted by molar-refractivity contribution is 5.92. The third kappa shape index (κ3) is 5.03. The Morgan fingerprint density at radius 2 is 2.09 bits per heavy atom. The van der Waals surface area contributed by atoms with Gasteiger partial charge in [-0.3, -0.25) is 9.59 Å². The van der Waals surface area contributed by atoms with E-state index < -0.39 is 24.6 Å². The van der Waals surface area contributed by atoms with Crippen molar-refractivity contribution in [1.82, 2.24) is 20.9 Å². The maximum atomic E-state index is 13.5. The van der Waals surface area contributed by atoms with E-state index in [0.717, 1.165) is 29.7 Å². The van der Waals surface area contributed by atoms with Gasteiger partial charge in [0.05, 0.1) is 6.04 Å². The Hall–Kier alpha value is -3.33. The van der Waals surface area contributed by atoms with Crippen LogP contribution >= 0.6 is 0 Å². The number of amides is 2. The summed E-state index contributed by atoms with van der Waals surface area (Å²) in [5.74, 6) is -0.705. The van der Waals surface area contributed by atoms with Gasteiger partial charge in [-0.25, -0.2) is 13.8 Å². The maximum Gasteiger partial charge on any atom is 0.242 e. The average Bonchev–Trinajstić information content (AvgIpc) is 3.20. The van der Waals surface area contributed by atoms with Crippen molar-refractivity contribution < 1.29 is 18.4 Å². The van der Waals surface area contributed by atoms with Gasteiger partial charge in [0.2, 0.25) is 11.8 Å². The zero-order valence-corrected chi connectivity index (χ0v) is 18.3. The first-order valence-electron chi connectivity index (χ1n) is 11.0.